The van der Waals surface area contributed by atoms with Gasteiger partial charge < -0.3 is 10.8 Å². The van der Waals surface area contributed by atoms with E-state index in [-0.39, 0.29) is 12.0 Å². The van der Waals surface area contributed by atoms with Crippen molar-refractivity contribution in [2.24, 2.45) is 5.73 Å². The maximum absolute atomic E-state index is 13.4. The van der Waals surface area contributed by atoms with Crippen LogP contribution >= 0.6 is 0 Å². The van der Waals surface area contributed by atoms with Crippen molar-refractivity contribution in [3.63, 3.8) is 0 Å². The van der Waals surface area contributed by atoms with Crippen LogP contribution in [0.1, 0.15) is 31.2 Å². The van der Waals surface area contributed by atoms with Crippen LogP contribution < -0.4 is 5.73 Å². The quantitative estimate of drug-likeness (QED) is 0.758. The molecule has 0 amide bonds. The topological polar surface area (TPSA) is 63.3 Å². The normalized spacial score (nSPS) is 14.8. The van der Waals surface area contributed by atoms with E-state index in [0.29, 0.717) is 19.4 Å². The van der Waals surface area contributed by atoms with Crippen molar-refractivity contribution in [2.45, 2.75) is 37.3 Å². The highest BCUT2D eigenvalue weighted by molar-refractivity contribution is 5.82. The van der Waals surface area contributed by atoms with Crippen LogP contribution in [0.3, 0.4) is 0 Å². The molecule has 0 bridgehead atoms. The molecule has 6 heteroatoms. The average molecular weight is 289 g/mol. The summed E-state index contributed by atoms with van der Waals surface area (Å²) in [7, 11) is 0. The maximum atomic E-state index is 13.4. The molecule has 0 saturated carbocycles. The monoisotopic (exact) mass is 289 g/mol. The standard InChI is InChI=1S/C14H18F3NO2/c15-14(16,17)13(12(19)20,9-5-2-6-10-18)11-7-3-1-4-8-11/h1,3-4,7-8H,2,5-6,9-10,18H2,(H,19,20). The number of hydrogen-bond acceptors (Lipinski definition) is 2. The van der Waals surface area contributed by atoms with E-state index < -0.39 is 24.0 Å². The predicted molar refractivity (Wildman–Crippen MR) is 69.3 cm³/mol. The number of hydrogen-bond donors (Lipinski definition) is 2. The summed E-state index contributed by atoms with van der Waals surface area (Å²) in [6.07, 6.45) is -4.09. The summed E-state index contributed by atoms with van der Waals surface area (Å²) in [4.78, 5) is 11.4. The van der Waals surface area contributed by atoms with E-state index in [1.165, 1.54) is 24.3 Å². The first-order valence-electron chi connectivity index (χ1n) is 6.42. The molecule has 0 radical (unpaired) electrons. The van der Waals surface area contributed by atoms with Crippen molar-refractivity contribution in [1.82, 2.24) is 0 Å². The van der Waals surface area contributed by atoms with Crippen molar-refractivity contribution >= 4 is 5.97 Å². The van der Waals surface area contributed by atoms with Crippen LogP contribution in [0.25, 0.3) is 0 Å². The molecular formula is C14H18F3NO2. The van der Waals surface area contributed by atoms with E-state index in [1.54, 1.807) is 6.07 Å². The molecule has 3 N–H and O–H groups in total. The number of carboxylic acids is 1. The summed E-state index contributed by atoms with van der Waals surface area (Å²) in [6, 6.07) is 6.81. The Kier molecular flexibility index (Phi) is 5.56. The van der Waals surface area contributed by atoms with Gasteiger partial charge >= 0.3 is 12.1 Å². The van der Waals surface area contributed by atoms with Crippen LogP contribution in [-0.4, -0.2) is 23.8 Å². The molecule has 3 nitrogen and oxygen atoms in total. The first kappa shape index (κ1) is 16.5. The van der Waals surface area contributed by atoms with Gasteiger partial charge in [-0.2, -0.15) is 13.2 Å². The van der Waals surface area contributed by atoms with Crippen LogP contribution in [-0.2, 0) is 10.2 Å². The third-order valence-electron chi connectivity index (χ3n) is 3.37. The Bertz CT molecular complexity index is 434. The third kappa shape index (κ3) is 3.30. The molecule has 0 aliphatic heterocycles. The number of halogens is 3. The van der Waals surface area contributed by atoms with Gasteiger partial charge in [-0.15, -0.1) is 0 Å². The third-order valence-corrected chi connectivity index (χ3v) is 3.37. The maximum Gasteiger partial charge on any atom is 0.408 e. The Morgan fingerprint density at radius 2 is 1.70 bits per heavy atom. The molecule has 0 aliphatic rings. The van der Waals surface area contributed by atoms with Gasteiger partial charge in [-0.1, -0.05) is 43.2 Å². The lowest BCUT2D eigenvalue weighted by Gasteiger charge is -2.32. The minimum Gasteiger partial charge on any atom is -0.480 e. The van der Waals surface area contributed by atoms with Crippen LogP contribution in [0.15, 0.2) is 30.3 Å². The zero-order valence-electron chi connectivity index (χ0n) is 11.0. The number of benzene rings is 1. The number of rotatable bonds is 7. The van der Waals surface area contributed by atoms with Gasteiger partial charge in [-0.25, -0.2) is 0 Å². The van der Waals surface area contributed by atoms with Gasteiger partial charge in [-0.05, 0) is 24.9 Å². The Balaban J connectivity index is 3.13. The van der Waals surface area contributed by atoms with Gasteiger partial charge in [0.15, 0.2) is 5.41 Å². The lowest BCUT2D eigenvalue weighted by Crippen LogP contribution is -2.49. The van der Waals surface area contributed by atoms with Crippen LogP contribution in [0.2, 0.25) is 0 Å². The average Bonchev–Trinajstić information content (AvgIpc) is 2.38. The largest absolute Gasteiger partial charge is 0.480 e. The molecule has 20 heavy (non-hydrogen) atoms. The van der Waals surface area contributed by atoms with Crippen LogP contribution in [0.4, 0.5) is 13.2 Å². The van der Waals surface area contributed by atoms with E-state index in [1.807, 2.05) is 0 Å². The zero-order chi connectivity index (χ0) is 15.2. The molecule has 0 saturated heterocycles. The first-order chi connectivity index (χ1) is 9.36. The van der Waals surface area contributed by atoms with Crippen molar-refractivity contribution in [2.75, 3.05) is 6.54 Å². The number of alkyl halides is 3. The minimum absolute atomic E-state index is 0.165. The molecular weight excluding hydrogens is 271 g/mol. The second kappa shape index (κ2) is 6.74. The SMILES string of the molecule is NCCCCCC(C(=O)O)(c1ccccc1)C(F)(F)F. The van der Waals surface area contributed by atoms with E-state index >= 15 is 0 Å². The van der Waals surface area contributed by atoms with E-state index in [9.17, 15) is 23.1 Å². The number of nitrogens with two attached hydrogens (primary N) is 1. The summed E-state index contributed by atoms with van der Waals surface area (Å²) in [5, 5.41) is 9.22. The number of unbranched alkanes of at least 4 members (excludes halogenated alkanes) is 2. The summed E-state index contributed by atoms with van der Waals surface area (Å²) in [5.74, 6) is -1.86. The first-order valence-corrected chi connectivity index (χ1v) is 6.42. The lowest BCUT2D eigenvalue weighted by molar-refractivity contribution is -0.207. The van der Waals surface area contributed by atoms with Gasteiger partial charge in [0.25, 0.3) is 0 Å². The van der Waals surface area contributed by atoms with Gasteiger partial charge in [0.05, 0.1) is 0 Å². The molecule has 1 aromatic carbocycles. The summed E-state index contributed by atoms with van der Waals surface area (Å²) < 4.78 is 40.2. The van der Waals surface area contributed by atoms with Crippen molar-refractivity contribution in [3.05, 3.63) is 35.9 Å². The Hall–Kier alpha value is -1.56. The van der Waals surface area contributed by atoms with Gasteiger partial charge in [0.1, 0.15) is 0 Å². The van der Waals surface area contributed by atoms with Crippen LogP contribution in [0, 0.1) is 0 Å². The van der Waals surface area contributed by atoms with Gasteiger partial charge in [0, 0.05) is 0 Å². The van der Waals surface area contributed by atoms with E-state index in [2.05, 4.69) is 0 Å². The highest BCUT2D eigenvalue weighted by Gasteiger charge is 2.61. The Labute approximate surface area is 115 Å². The fourth-order valence-electron chi connectivity index (χ4n) is 2.24. The van der Waals surface area contributed by atoms with Crippen molar-refractivity contribution in [3.8, 4) is 0 Å². The fraction of sp³-hybridized carbons (Fsp3) is 0.500. The molecule has 0 aliphatic carbocycles. The molecule has 0 aromatic heterocycles. The smallest absolute Gasteiger partial charge is 0.408 e. The molecule has 1 atom stereocenters. The number of carbonyl (C=O) groups is 1. The molecule has 1 rings (SSSR count). The highest BCUT2D eigenvalue weighted by Crippen LogP contribution is 2.45. The van der Waals surface area contributed by atoms with Gasteiger partial charge in [0.2, 0.25) is 0 Å². The molecule has 1 aromatic rings. The number of aliphatic carboxylic acids is 1. The zero-order valence-corrected chi connectivity index (χ0v) is 11.0. The van der Waals surface area contributed by atoms with E-state index in [0.717, 1.165) is 0 Å². The van der Waals surface area contributed by atoms with Crippen molar-refractivity contribution in [1.29, 1.82) is 0 Å². The van der Waals surface area contributed by atoms with Gasteiger partial charge in [-0.3, -0.25) is 4.79 Å². The molecule has 0 spiro atoms. The molecule has 0 heterocycles. The number of carboxylic acid groups (broad SMARTS) is 1. The van der Waals surface area contributed by atoms with E-state index in [4.69, 9.17) is 5.73 Å². The Morgan fingerprint density at radius 1 is 1.10 bits per heavy atom. The molecule has 1 unspecified atom stereocenters. The predicted octanol–water partition coefficient (Wildman–Crippen LogP) is 3.09. The van der Waals surface area contributed by atoms with Crippen LogP contribution in [0.5, 0.6) is 0 Å². The highest BCUT2D eigenvalue weighted by atomic mass is 19.4. The Morgan fingerprint density at radius 3 is 2.15 bits per heavy atom. The second-order valence-electron chi connectivity index (χ2n) is 4.67. The summed E-state index contributed by atoms with van der Waals surface area (Å²) >= 11 is 0. The summed E-state index contributed by atoms with van der Waals surface area (Å²) in [6.45, 7) is 0.386. The fourth-order valence-corrected chi connectivity index (χ4v) is 2.24. The minimum atomic E-state index is -4.84. The lowest BCUT2D eigenvalue weighted by atomic mass is 9.75. The summed E-state index contributed by atoms with van der Waals surface area (Å²) in [5.41, 5.74) is 2.22. The second-order valence-corrected chi connectivity index (χ2v) is 4.67. The molecule has 112 valence electrons. The molecule has 0 fully saturated rings. The van der Waals surface area contributed by atoms with Crippen molar-refractivity contribution < 1.29 is 23.1 Å².